The molecule has 0 saturated carbocycles. The molecule has 0 radical (unpaired) electrons. The first kappa shape index (κ1) is 57.7. The average Bonchev–Trinajstić information content (AvgIpc) is 4.55. The smallest absolute Gasteiger partial charge is 0.0736 e. The maximum absolute atomic E-state index is 5.48. The second-order valence-electron chi connectivity index (χ2n) is 24.2. The number of nitrogens with zero attached hydrogens (tertiary/aromatic N) is 2. The number of benzene rings is 4. The minimum atomic E-state index is -0.0123. The Morgan fingerprint density at radius 2 is 0.778 bits per heavy atom. The van der Waals surface area contributed by atoms with E-state index in [0.29, 0.717) is 0 Å². The highest BCUT2D eigenvalue weighted by Gasteiger charge is 2.42. The molecule has 2 N–H and O–H groups in total. The molecule has 0 saturated heterocycles. The maximum Gasteiger partial charge on any atom is 0.0736 e. The summed E-state index contributed by atoms with van der Waals surface area (Å²) in [4.78, 5) is 18.7. The molecule has 4 nitrogen and oxygen atoms in total. The van der Waals surface area contributed by atoms with Gasteiger partial charge in [-0.1, -0.05) is 248 Å². The van der Waals surface area contributed by atoms with Crippen molar-refractivity contribution < 1.29 is 0 Å². The number of aromatic nitrogens is 4. The first-order valence-corrected chi connectivity index (χ1v) is 32.6. The van der Waals surface area contributed by atoms with Gasteiger partial charge in [0.1, 0.15) is 0 Å². The van der Waals surface area contributed by atoms with Gasteiger partial charge >= 0.3 is 0 Å². The Morgan fingerprint density at radius 3 is 1.33 bits per heavy atom. The molecule has 0 atom stereocenters. The van der Waals surface area contributed by atoms with Gasteiger partial charge in [-0.15, -0.1) is 0 Å². The zero-order valence-electron chi connectivity index (χ0n) is 50.0. The molecule has 3 aliphatic rings. The number of H-pyrrole nitrogens is 2. The monoisotopic (exact) mass is 1070 g/mol. The number of fused-ring (bicyclic) bond motifs is 11. The summed E-state index contributed by atoms with van der Waals surface area (Å²) >= 11 is 0. The second-order valence-corrected chi connectivity index (χ2v) is 24.2. The number of hydrogen-bond donors (Lipinski definition) is 2. The molecule has 4 aromatic carbocycles. The fourth-order valence-electron chi connectivity index (χ4n) is 13.8. The van der Waals surface area contributed by atoms with E-state index in [1.54, 1.807) is 5.56 Å². The van der Waals surface area contributed by atoms with E-state index >= 15 is 0 Å². The van der Waals surface area contributed by atoms with Crippen molar-refractivity contribution in [3.63, 3.8) is 0 Å². The van der Waals surface area contributed by atoms with Crippen LogP contribution in [0.5, 0.6) is 0 Å². The van der Waals surface area contributed by atoms with Crippen LogP contribution in [0.3, 0.4) is 0 Å². The van der Waals surface area contributed by atoms with Crippen molar-refractivity contribution in [2.75, 3.05) is 0 Å². The Hall–Kier alpha value is -6.52. The van der Waals surface area contributed by atoms with Gasteiger partial charge in [-0.2, -0.15) is 0 Å². The molecule has 5 heterocycles. The zero-order chi connectivity index (χ0) is 55.6. The summed E-state index contributed by atoms with van der Waals surface area (Å²) in [6.07, 6.45) is 44.6. The van der Waals surface area contributed by atoms with Crippen molar-refractivity contribution in [3.05, 3.63) is 166 Å². The summed E-state index contributed by atoms with van der Waals surface area (Å²) in [6.45, 7) is 9.26. The number of aryl methyl sites for hydroxylation is 2. The van der Waals surface area contributed by atoms with Crippen LogP contribution in [-0.4, -0.2) is 19.9 Å². The molecule has 422 valence electrons. The second kappa shape index (κ2) is 28.9. The normalized spacial score (nSPS) is 13.1. The van der Waals surface area contributed by atoms with Gasteiger partial charge < -0.3 is 9.97 Å². The van der Waals surface area contributed by atoms with Crippen molar-refractivity contribution in [2.24, 2.45) is 0 Å². The quantitative estimate of drug-likeness (QED) is 0.0426. The van der Waals surface area contributed by atoms with Gasteiger partial charge in [-0.25, -0.2) is 9.97 Å². The molecule has 0 amide bonds. The highest BCUT2D eigenvalue weighted by atomic mass is 14.8. The summed E-state index contributed by atoms with van der Waals surface area (Å²) in [5.41, 5.74) is 24.3. The molecule has 10 rings (SSSR count). The van der Waals surface area contributed by atoms with Crippen LogP contribution >= 0.6 is 0 Å². The largest absolute Gasteiger partial charge is 0.355 e. The Bertz CT molecular complexity index is 3400. The number of nitrogens with one attached hydrogen (secondary N) is 2. The third-order valence-corrected chi connectivity index (χ3v) is 18.2. The molecule has 7 aromatic rings. The Morgan fingerprint density at radius 1 is 0.346 bits per heavy atom. The van der Waals surface area contributed by atoms with Gasteiger partial charge in [0, 0.05) is 38.6 Å². The Labute approximate surface area is 487 Å². The molecule has 0 fully saturated rings. The highest BCUT2D eigenvalue weighted by Crippen LogP contribution is 2.55. The lowest BCUT2D eigenvalue weighted by Crippen LogP contribution is -2.25. The molecule has 3 aromatic heterocycles. The molecule has 8 bridgehead atoms. The van der Waals surface area contributed by atoms with E-state index in [4.69, 9.17) is 9.97 Å². The number of rotatable bonds is 31. The van der Waals surface area contributed by atoms with Gasteiger partial charge in [0.2, 0.25) is 0 Å². The number of aromatic amines is 2. The number of unbranched alkanes of at least 4 members (excludes halogenated alkanes) is 20. The predicted octanol–water partition coefficient (Wildman–Crippen LogP) is 23.2. The van der Waals surface area contributed by atoms with Crippen LogP contribution in [0.1, 0.15) is 240 Å². The molecule has 1 aliphatic carbocycles. The lowest BCUT2D eigenvalue weighted by molar-refractivity contribution is 0.398. The molecule has 4 heteroatoms. The van der Waals surface area contributed by atoms with Crippen molar-refractivity contribution in [3.8, 4) is 44.5 Å². The summed E-state index contributed by atoms with van der Waals surface area (Å²) in [5.74, 6) is 0. The molecule has 2 aliphatic heterocycles. The first-order valence-electron chi connectivity index (χ1n) is 32.6. The van der Waals surface area contributed by atoms with Gasteiger partial charge in [-0.3, -0.25) is 0 Å². The maximum atomic E-state index is 5.48. The van der Waals surface area contributed by atoms with Crippen molar-refractivity contribution in [1.29, 1.82) is 0 Å². The van der Waals surface area contributed by atoms with Crippen molar-refractivity contribution >= 4 is 46.4 Å². The minimum Gasteiger partial charge on any atom is -0.355 e. The van der Waals surface area contributed by atoms with E-state index in [-0.39, 0.29) is 5.41 Å². The third-order valence-electron chi connectivity index (χ3n) is 18.2. The van der Waals surface area contributed by atoms with Gasteiger partial charge in [-0.05, 0) is 161 Å². The van der Waals surface area contributed by atoms with E-state index < -0.39 is 0 Å². The van der Waals surface area contributed by atoms with E-state index in [1.165, 1.54) is 217 Å². The van der Waals surface area contributed by atoms with Gasteiger partial charge in [0.25, 0.3) is 0 Å². The zero-order valence-corrected chi connectivity index (χ0v) is 50.0. The Kier molecular flexibility index (Phi) is 20.6. The summed E-state index contributed by atoms with van der Waals surface area (Å²) < 4.78 is 0. The SMILES string of the molecule is CCCCCCCCc1ccccc1-c1ccc(-c2c3nc(cc4ccc([nH]4)c(-c4ccc5c(c4)C(CCCCCCCC)(CCCCCCCC)c4ccccc4-5)c4nc(cc5ccc2[nH]5)C=C4)C=C3)cc1CCCCCCCC. The van der Waals surface area contributed by atoms with E-state index in [2.05, 4.69) is 183 Å². The summed E-state index contributed by atoms with van der Waals surface area (Å²) in [7, 11) is 0. The molecule has 0 spiro atoms. The first-order chi connectivity index (χ1) is 40.0. The lowest BCUT2D eigenvalue weighted by Gasteiger charge is -2.33. The molecular formula is C77H94N4. The minimum absolute atomic E-state index is 0.0123. The fraction of sp³-hybridized carbons (Fsp3) is 0.429. The number of hydrogen-bond acceptors (Lipinski definition) is 2. The highest BCUT2D eigenvalue weighted by molar-refractivity contribution is 5.95. The lowest BCUT2D eigenvalue weighted by atomic mass is 9.70. The topological polar surface area (TPSA) is 57.4 Å². The van der Waals surface area contributed by atoms with Crippen LogP contribution in [0.2, 0.25) is 0 Å². The van der Waals surface area contributed by atoms with Crippen LogP contribution in [0.15, 0.2) is 121 Å². The van der Waals surface area contributed by atoms with Crippen LogP contribution in [0, 0.1) is 0 Å². The molecule has 81 heavy (non-hydrogen) atoms. The van der Waals surface area contributed by atoms with E-state index in [0.717, 1.165) is 68.8 Å². The summed E-state index contributed by atoms with van der Waals surface area (Å²) in [6, 6.07) is 46.7. The predicted molar refractivity (Wildman–Crippen MR) is 352 cm³/mol. The van der Waals surface area contributed by atoms with Crippen LogP contribution in [0.4, 0.5) is 0 Å². The third kappa shape index (κ3) is 14.0. The van der Waals surface area contributed by atoms with Gasteiger partial charge in [0.15, 0.2) is 0 Å². The standard InChI is InChI=1S/C77H94N4/c1-5-9-13-17-21-25-33-57-34-27-28-36-65(57)66-45-39-59(53-58(66)35-26-22-18-14-10-6-2)75-71-47-41-61(78-71)55-63-43-49-73(80-63)76(74-50-44-64(81-74)56-62-42-48-72(75)79-62)60-40-46-68-67-37-29-30-38-69(67)77(70(68)54-60,51-31-23-19-15-11-7-3)52-32-24-20-16-12-8-4/h27-30,34,36-50,53-56,78,81H,5-26,31-33,35,51-52H2,1-4H3. The molecular weight excluding hydrogens is 981 g/mol. The van der Waals surface area contributed by atoms with E-state index in [9.17, 15) is 0 Å². The average molecular weight is 1080 g/mol. The molecule has 0 unspecified atom stereocenters. The van der Waals surface area contributed by atoms with Crippen molar-refractivity contribution in [1.82, 2.24) is 19.9 Å². The summed E-state index contributed by atoms with van der Waals surface area (Å²) in [5, 5.41) is 0. The van der Waals surface area contributed by atoms with Crippen LogP contribution in [0.25, 0.3) is 90.9 Å². The van der Waals surface area contributed by atoms with Crippen LogP contribution in [-0.2, 0) is 18.3 Å². The fourth-order valence-corrected chi connectivity index (χ4v) is 13.8. The van der Waals surface area contributed by atoms with Crippen LogP contribution < -0.4 is 0 Å². The Balaban J connectivity index is 1.05. The van der Waals surface area contributed by atoms with Gasteiger partial charge in [0.05, 0.1) is 22.8 Å². The van der Waals surface area contributed by atoms with E-state index in [1.807, 2.05) is 0 Å². The van der Waals surface area contributed by atoms with Crippen molar-refractivity contribution in [2.45, 2.75) is 213 Å².